The Morgan fingerprint density at radius 1 is 1.31 bits per heavy atom. The molecule has 2 rings (SSSR count). The summed E-state index contributed by atoms with van der Waals surface area (Å²) in [6.07, 6.45) is 1.62. The Bertz CT molecular complexity index is 509. The van der Waals surface area contributed by atoms with Gasteiger partial charge in [-0.1, -0.05) is 6.07 Å². The van der Waals surface area contributed by atoms with Crippen LogP contribution >= 0.6 is 15.9 Å². The Balaban J connectivity index is 2.33. The third kappa shape index (κ3) is 2.18. The van der Waals surface area contributed by atoms with Crippen LogP contribution in [-0.4, -0.2) is 0 Å². The summed E-state index contributed by atoms with van der Waals surface area (Å²) in [7, 11) is 0. The molecule has 0 fully saturated rings. The number of nitrogens with two attached hydrogens (primary N) is 1. The van der Waals surface area contributed by atoms with Gasteiger partial charge in [-0.3, -0.25) is 0 Å². The van der Waals surface area contributed by atoms with Crippen LogP contribution in [0.1, 0.15) is 22.9 Å². The summed E-state index contributed by atoms with van der Waals surface area (Å²) in [6.45, 7) is 1.86. The Labute approximate surface area is 101 Å². The topological polar surface area (TPSA) is 39.2 Å². The van der Waals surface area contributed by atoms with Crippen molar-refractivity contribution in [1.29, 1.82) is 0 Å². The van der Waals surface area contributed by atoms with Crippen molar-refractivity contribution in [3.63, 3.8) is 0 Å². The van der Waals surface area contributed by atoms with E-state index >= 15 is 0 Å². The summed E-state index contributed by atoms with van der Waals surface area (Å²) in [5.74, 6) is 0.519. The van der Waals surface area contributed by atoms with Gasteiger partial charge >= 0.3 is 0 Å². The standard InChI is InChI=1S/C12H11BrFNO/c1-7-4-9(6-16-7)12(15)8-2-3-11(14)10(13)5-8/h2-6,12H,15H2,1H3. The molecule has 84 valence electrons. The van der Waals surface area contributed by atoms with Crippen molar-refractivity contribution in [1.82, 2.24) is 0 Å². The summed E-state index contributed by atoms with van der Waals surface area (Å²) < 4.78 is 18.7. The predicted octanol–water partition coefficient (Wildman–Crippen LogP) is 3.54. The molecule has 0 bridgehead atoms. The number of rotatable bonds is 2. The average molecular weight is 284 g/mol. The van der Waals surface area contributed by atoms with Crippen LogP contribution in [-0.2, 0) is 0 Å². The van der Waals surface area contributed by atoms with E-state index in [0.717, 1.165) is 16.9 Å². The number of hydrogen-bond donors (Lipinski definition) is 1. The van der Waals surface area contributed by atoms with Crippen LogP contribution in [0.25, 0.3) is 0 Å². The molecule has 1 atom stereocenters. The molecular formula is C12H11BrFNO. The average Bonchev–Trinajstić information content (AvgIpc) is 2.68. The van der Waals surface area contributed by atoms with Crippen LogP contribution in [0.3, 0.4) is 0 Å². The molecule has 0 saturated heterocycles. The van der Waals surface area contributed by atoms with Gasteiger partial charge in [0.25, 0.3) is 0 Å². The highest BCUT2D eigenvalue weighted by molar-refractivity contribution is 9.10. The van der Waals surface area contributed by atoms with E-state index in [-0.39, 0.29) is 11.9 Å². The van der Waals surface area contributed by atoms with Gasteiger partial charge in [0.05, 0.1) is 16.8 Å². The molecule has 1 aromatic heterocycles. The third-order valence-corrected chi connectivity index (χ3v) is 3.02. The second-order valence-corrected chi connectivity index (χ2v) is 4.50. The van der Waals surface area contributed by atoms with Gasteiger partial charge in [0.1, 0.15) is 11.6 Å². The number of aryl methyl sites for hydroxylation is 1. The zero-order valence-electron chi connectivity index (χ0n) is 8.71. The zero-order chi connectivity index (χ0) is 11.7. The van der Waals surface area contributed by atoms with Crippen LogP contribution in [0.15, 0.2) is 39.4 Å². The van der Waals surface area contributed by atoms with Crippen LogP contribution in [0.4, 0.5) is 4.39 Å². The number of hydrogen-bond acceptors (Lipinski definition) is 2. The maximum atomic E-state index is 13.1. The quantitative estimate of drug-likeness (QED) is 0.916. The summed E-state index contributed by atoms with van der Waals surface area (Å²) in [5, 5.41) is 0. The maximum absolute atomic E-state index is 13.1. The number of furan rings is 1. The molecule has 2 aromatic rings. The van der Waals surface area contributed by atoms with Gasteiger partial charge in [0, 0.05) is 5.56 Å². The van der Waals surface area contributed by atoms with Gasteiger partial charge < -0.3 is 10.2 Å². The SMILES string of the molecule is Cc1cc(C(N)c2ccc(F)c(Br)c2)co1. The summed E-state index contributed by atoms with van der Waals surface area (Å²) >= 11 is 3.14. The smallest absolute Gasteiger partial charge is 0.137 e. The van der Waals surface area contributed by atoms with Crippen LogP contribution in [0, 0.1) is 12.7 Å². The molecule has 0 aliphatic heterocycles. The molecule has 0 aliphatic carbocycles. The van der Waals surface area contributed by atoms with Gasteiger partial charge in [0.15, 0.2) is 0 Å². The van der Waals surface area contributed by atoms with Gasteiger partial charge in [-0.15, -0.1) is 0 Å². The highest BCUT2D eigenvalue weighted by Gasteiger charge is 2.12. The Kier molecular flexibility index (Phi) is 3.12. The molecule has 2 nitrogen and oxygen atoms in total. The molecule has 1 unspecified atom stereocenters. The van der Waals surface area contributed by atoms with Crippen LogP contribution in [0.5, 0.6) is 0 Å². The van der Waals surface area contributed by atoms with Crippen molar-refractivity contribution >= 4 is 15.9 Å². The van der Waals surface area contributed by atoms with E-state index in [1.165, 1.54) is 6.07 Å². The lowest BCUT2D eigenvalue weighted by atomic mass is 10.0. The first-order valence-electron chi connectivity index (χ1n) is 4.83. The second kappa shape index (κ2) is 4.39. The summed E-state index contributed by atoms with van der Waals surface area (Å²) in [4.78, 5) is 0. The van der Waals surface area contributed by atoms with Gasteiger partial charge in [-0.2, -0.15) is 0 Å². The minimum absolute atomic E-state index is 0.292. The Morgan fingerprint density at radius 3 is 2.62 bits per heavy atom. The molecule has 0 saturated carbocycles. The van der Waals surface area contributed by atoms with E-state index < -0.39 is 0 Å². The Morgan fingerprint density at radius 2 is 2.06 bits per heavy atom. The fourth-order valence-electron chi connectivity index (χ4n) is 1.53. The largest absolute Gasteiger partial charge is 0.469 e. The van der Waals surface area contributed by atoms with Gasteiger partial charge in [0.2, 0.25) is 0 Å². The van der Waals surface area contributed by atoms with E-state index in [4.69, 9.17) is 10.2 Å². The first-order valence-corrected chi connectivity index (χ1v) is 5.63. The van der Waals surface area contributed by atoms with Crippen LogP contribution < -0.4 is 5.73 Å². The van der Waals surface area contributed by atoms with Crippen molar-refractivity contribution in [2.24, 2.45) is 5.73 Å². The summed E-state index contributed by atoms with van der Waals surface area (Å²) in [5.41, 5.74) is 7.77. The van der Waals surface area contributed by atoms with E-state index in [0.29, 0.717) is 4.47 Å². The summed E-state index contributed by atoms with van der Waals surface area (Å²) in [6, 6.07) is 6.33. The first kappa shape index (κ1) is 11.4. The predicted molar refractivity (Wildman–Crippen MR) is 63.6 cm³/mol. The fourth-order valence-corrected chi connectivity index (χ4v) is 1.92. The molecule has 16 heavy (non-hydrogen) atoms. The molecular weight excluding hydrogens is 273 g/mol. The minimum atomic E-state index is -0.297. The van der Waals surface area contributed by atoms with E-state index in [1.807, 2.05) is 13.0 Å². The van der Waals surface area contributed by atoms with E-state index in [9.17, 15) is 4.39 Å². The van der Waals surface area contributed by atoms with E-state index in [2.05, 4.69) is 15.9 Å². The second-order valence-electron chi connectivity index (χ2n) is 3.64. The fraction of sp³-hybridized carbons (Fsp3) is 0.167. The van der Waals surface area contributed by atoms with Gasteiger partial charge in [-0.25, -0.2) is 4.39 Å². The van der Waals surface area contributed by atoms with Crippen molar-refractivity contribution < 1.29 is 8.81 Å². The molecule has 0 aliphatic rings. The maximum Gasteiger partial charge on any atom is 0.137 e. The molecule has 4 heteroatoms. The highest BCUT2D eigenvalue weighted by Crippen LogP contribution is 2.25. The first-order chi connectivity index (χ1) is 7.58. The lowest BCUT2D eigenvalue weighted by Gasteiger charge is -2.10. The van der Waals surface area contributed by atoms with Crippen molar-refractivity contribution in [3.05, 3.63) is 57.7 Å². The van der Waals surface area contributed by atoms with E-state index in [1.54, 1.807) is 18.4 Å². The number of benzene rings is 1. The number of halogens is 2. The molecule has 1 aromatic carbocycles. The molecule has 0 amide bonds. The van der Waals surface area contributed by atoms with Crippen molar-refractivity contribution in [2.75, 3.05) is 0 Å². The molecule has 0 spiro atoms. The van der Waals surface area contributed by atoms with Gasteiger partial charge in [-0.05, 0) is 46.6 Å². The monoisotopic (exact) mass is 283 g/mol. The minimum Gasteiger partial charge on any atom is -0.469 e. The normalized spacial score (nSPS) is 12.8. The zero-order valence-corrected chi connectivity index (χ0v) is 10.3. The lowest BCUT2D eigenvalue weighted by molar-refractivity contribution is 0.530. The van der Waals surface area contributed by atoms with Crippen LogP contribution in [0.2, 0.25) is 0 Å². The Hall–Kier alpha value is -1.13. The lowest BCUT2D eigenvalue weighted by Crippen LogP contribution is -2.10. The van der Waals surface area contributed by atoms with Crippen molar-refractivity contribution in [3.8, 4) is 0 Å². The highest BCUT2D eigenvalue weighted by atomic mass is 79.9. The molecule has 0 radical (unpaired) electrons. The molecule has 1 heterocycles. The molecule has 2 N–H and O–H groups in total. The van der Waals surface area contributed by atoms with Crippen molar-refractivity contribution in [2.45, 2.75) is 13.0 Å². The third-order valence-electron chi connectivity index (χ3n) is 2.41.